The second-order valence-corrected chi connectivity index (χ2v) is 5.66. The van der Waals surface area contributed by atoms with Crippen LogP contribution >= 0.6 is 0 Å². The molecular formula is C18H15FO4. The van der Waals surface area contributed by atoms with Gasteiger partial charge in [0, 0.05) is 6.42 Å². The zero-order chi connectivity index (χ0) is 16.4. The molecule has 0 N–H and O–H groups in total. The van der Waals surface area contributed by atoms with Crippen molar-refractivity contribution in [1.82, 2.24) is 0 Å². The molecule has 2 aromatic rings. The summed E-state index contributed by atoms with van der Waals surface area (Å²) >= 11 is 0. The highest BCUT2D eigenvalue weighted by atomic mass is 19.1. The van der Waals surface area contributed by atoms with Gasteiger partial charge < -0.3 is 9.47 Å². The highest BCUT2D eigenvalue weighted by Gasteiger charge is 2.43. The summed E-state index contributed by atoms with van der Waals surface area (Å²) in [5.41, 5.74) is 0.526. The number of carbonyl (C=O) groups is 2. The molecule has 118 valence electrons. The minimum Gasteiger partial charge on any atom is -0.458 e. The van der Waals surface area contributed by atoms with Gasteiger partial charge in [0.1, 0.15) is 12.4 Å². The van der Waals surface area contributed by atoms with E-state index >= 15 is 0 Å². The van der Waals surface area contributed by atoms with Crippen molar-refractivity contribution in [2.75, 3.05) is 0 Å². The highest BCUT2D eigenvalue weighted by molar-refractivity contribution is 5.96. The number of hydrogen-bond acceptors (Lipinski definition) is 4. The van der Waals surface area contributed by atoms with E-state index in [9.17, 15) is 14.0 Å². The molecule has 0 saturated heterocycles. The van der Waals surface area contributed by atoms with Crippen LogP contribution in [0.2, 0.25) is 0 Å². The van der Waals surface area contributed by atoms with Crippen molar-refractivity contribution in [1.29, 1.82) is 0 Å². The third-order valence-corrected chi connectivity index (χ3v) is 3.80. The Morgan fingerprint density at radius 3 is 2.65 bits per heavy atom. The Hall–Kier alpha value is -2.69. The van der Waals surface area contributed by atoms with Gasteiger partial charge in [0.15, 0.2) is 0 Å². The molecule has 1 aliphatic heterocycles. The molecule has 1 heterocycles. The second kappa shape index (κ2) is 5.83. The molecule has 1 unspecified atom stereocenters. The van der Waals surface area contributed by atoms with E-state index in [0.717, 1.165) is 5.56 Å². The van der Waals surface area contributed by atoms with Crippen LogP contribution in [0.3, 0.4) is 0 Å². The van der Waals surface area contributed by atoms with E-state index < -0.39 is 17.5 Å². The average Bonchev–Trinajstić information content (AvgIpc) is 2.54. The number of hydrogen-bond donors (Lipinski definition) is 0. The summed E-state index contributed by atoms with van der Waals surface area (Å²) in [6.45, 7) is 1.53. The van der Waals surface area contributed by atoms with Crippen LogP contribution in [0.15, 0.2) is 48.5 Å². The van der Waals surface area contributed by atoms with Crippen LogP contribution in [0, 0.1) is 5.82 Å². The first-order chi connectivity index (χ1) is 11.0. The first-order valence-corrected chi connectivity index (χ1v) is 7.21. The highest BCUT2D eigenvalue weighted by Crippen LogP contribution is 2.29. The Morgan fingerprint density at radius 2 is 1.91 bits per heavy atom. The molecule has 4 nitrogen and oxygen atoms in total. The van der Waals surface area contributed by atoms with Gasteiger partial charge in [-0.2, -0.15) is 0 Å². The smallest absolute Gasteiger partial charge is 0.351 e. The third-order valence-electron chi connectivity index (χ3n) is 3.80. The molecule has 0 fully saturated rings. The minimum atomic E-state index is -1.36. The zero-order valence-corrected chi connectivity index (χ0v) is 12.5. The monoisotopic (exact) mass is 314 g/mol. The second-order valence-electron chi connectivity index (χ2n) is 5.66. The van der Waals surface area contributed by atoms with E-state index in [2.05, 4.69) is 0 Å². The van der Waals surface area contributed by atoms with Gasteiger partial charge in [-0.05, 0) is 36.2 Å². The Bertz CT molecular complexity index is 754. The van der Waals surface area contributed by atoms with Crippen LogP contribution in [0.25, 0.3) is 0 Å². The lowest BCUT2D eigenvalue weighted by atomic mass is 9.90. The maximum atomic E-state index is 12.9. The largest absolute Gasteiger partial charge is 0.458 e. The first kappa shape index (κ1) is 15.2. The molecule has 0 spiro atoms. The molecule has 0 aliphatic carbocycles. The number of halogens is 1. The number of cyclic esters (lactones) is 1. The molecule has 0 radical (unpaired) electrons. The lowest BCUT2D eigenvalue weighted by Gasteiger charge is -2.32. The number of rotatable bonds is 3. The lowest BCUT2D eigenvalue weighted by Crippen LogP contribution is -2.46. The maximum Gasteiger partial charge on any atom is 0.351 e. The SMILES string of the molecule is CC1(C(=O)OCc2ccc(F)cc2)Cc2ccccc2C(=O)O1. The number of fused-ring (bicyclic) bond motifs is 1. The number of ether oxygens (including phenoxy) is 2. The van der Waals surface area contributed by atoms with Crippen molar-refractivity contribution in [3.63, 3.8) is 0 Å². The number of carbonyl (C=O) groups excluding carboxylic acids is 2. The Morgan fingerprint density at radius 1 is 1.22 bits per heavy atom. The van der Waals surface area contributed by atoms with Gasteiger partial charge in [-0.3, -0.25) is 0 Å². The maximum absolute atomic E-state index is 12.9. The van der Waals surface area contributed by atoms with Crippen molar-refractivity contribution in [3.05, 3.63) is 71.0 Å². The fourth-order valence-electron chi connectivity index (χ4n) is 2.53. The standard InChI is InChI=1S/C18H15FO4/c1-18(10-13-4-2-3-5-15(13)16(20)23-18)17(21)22-11-12-6-8-14(19)9-7-12/h2-9H,10-11H2,1H3. The normalized spacial score (nSPS) is 19.7. The van der Waals surface area contributed by atoms with E-state index in [0.29, 0.717) is 11.1 Å². The average molecular weight is 314 g/mol. The topological polar surface area (TPSA) is 52.6 Å². The van der Waals surface area contributed by atoms with E-state index in [1.54, 1.807) is 18.2 Å². The molecular weight excluding hydrogens is 299 g/mol. The zero-order valence-electron chi connectivity index (χ0n) is 12.5. The molecule has 2 aromatic carbocycles. The summed E-state index contributed by atoms with van der Waals surface area (Å²) in [5, 5.41) is 0. The van der Waals surface area contributed by atoms with Crippen molar-refractivity contribution >= 4 is 11.9 Å². The van der Waals surface area contributed by atoms with Crippen LogP contribution in [0.5, 0.6) is 0 Å². The summed E-state index contributed by atoms with van der Waals surface area (Å²) in [4.78, 5) is 24.4. The van der Waals surface area contributed by atoms with Gasteiger partial charge in [-0.1, -0.05) is 30.3 Å². The van der Waals surface area contributed by atoms with Crippen LogP contribution in [0.1, 0.15) is 28.4 Å². The molecule has 0 amide bonds. The van der Waals surface area contributed by atoms with Gasteiger partial charge in [-0.15, -0.1) is 0 Å². The summed E-state index contributed by atoms with van der Waals surface area (Å²) in [6.07, 6.45) is 0.261. The van der Waals surface area contributed by atoms with Gasteiger partial charge in [0.05, 0.1) is 5.56 Å². The fraction of sp³-hybridized carbons (Fsp3) is 0.222. The molecule has 5 heteroatoms. The molecule has 0 bridgehead atoms. The predicted octanol–water partition coefficient (Wildman–Crippen LogP) is 3.04. The van der Waals surface area contributed by atoms with Gasteiger partial charge in [0.2, 0.25) is 5.60 Å². The molecule has 1 atom stereocenters. The molecule has 23 heavy (non-hydrogen) atoms. The van der Waals surface area contributed by atoms with Crippen LogP contribution < -0.4 is 0 Å². The summed E-state index contributed by atoms with van der Waals surface area (Å²) in [5.74, 6) is -1.51. The minimum absolute atomic E-state index is 0.00605. The van der Waals surface area contributed by atoms with Crippen LogP contribution in [-0.2, 0) is 27.3 Å². The van der Waals surface area contributed by atoms with Crippen molar-refractivity contribution in [3.8, 4) is 0 Å². The van der Waals surface area contributed by atoms with Gasteiger partial charge >= 0.3 is 11.9 Å². The summed E-state index contributed by atoms with van der Waals surface area (Å²) in [7, 11) is 0. The van der Waals surface area contributed by atoms with Crippen molar-refractivity contribution < 1.29 is 23.5 Å². The van der Waals surface area contributed by atoms with Crippen LogP contribution in [-0.4, -0.2) is 17.5 Å². The van der Waals surface area contributed by atoms with Crippen molar-refractivity contribution in [2.45, 2.75) is 25.6 Å². The third kappa shape index (κ3) is 3.08. The van der Waals surface area contributed by atoms with Gasteiger partial charge in [0.25, 0.3) is 0 Å². The fourth-order valence-corrected chi connectivity index (χ4v) is 2.53. The van der Waals surface area contributed by atoms with E-state index in [-0.39, 0.29) is 18.8 Å². The molecule has 1 aliphatic rings. The van der Waals surface area contributed by atoms with E-state index in [4.69, 9.17) is 9.47 Å². The number of esters is 2. The first-order valence-electron chi connectivity index (χ1n) is 7.21. The van der Waals surface area contributed by atoms with Crippen LogP contribution in [0.4, 0.5) is 4.39 Å². The lowest BCUT2D eigenvalue weighted by molar-refractivity contribution is -0.166. The van der Waals surface area contributed by atoms with E-state index in [1.165, 1.54) is 31.2 Å². The molecule has 0 saturated carbocycles. The summed E-state index contributed by atoms with van der Waals surface area (Å²) in [6, 6.07) is 12.7. The Kier molecular flexibility index (Phi) is 3.86. The van der Waals surface area contributed by atoms with E-state index in [1.807, 2.05) is 6.07 Å². The number of benzene rings is 2. The quantitative estimate of drug-likeness (QED) is 0.817. The van der Waals surface area contributed by atoms with Crippen molar-refractivity contribution in [2.24, 2.45) is 0 Å². The summed E-state index contributed by atoms with van der Waals surface area (Å²) < 4.78 is 23.4. The van der Waals surface area contributed by atoms with Gasteiger partial charge in [-0.25, -0.2) is 14.0 Å². The molecule has 0 aromatic heterocycles. The Balaban J connectivity index is 1.72. The Labute approximate surface area is 132 Å². The predicted molar refractivity (Wildman–Crippen MR) is 80.2 cm³/mol. The molecule has 3 rings (SSSR count).